The molecule has 6 aromatic rings. The first-order chi connectivity index (χ1) is 28.0. The standard InChI is InChI=1S/C48H45O10P/c1-28-22-31(4)43(32(5)23-28)46(49)37-10-16-40(17-11-37)53-56-59(52,57-54-41-18-12-38(13-19-41)47(50)44-33(6)24-29(2)25-34(44)7)58-55-42-20-14-39(15-21-42)48(51)45-35(8)26-30(3)27-36(45)9/h10-27H,1-9H3. The first-order valence-electron chi connectivity index (χ1n) is 18.9. The van der Waals surface area contributed by atoms with Crippen molar-refractivity contribution in [2.24, 2.45) is 0 Å². The van der Waals surface area contributed by atoms with Gasteiger partial charge in [-0.25, -0.2) is 4.57 Å². The van der Waals surface area contributed by atoms with Crippen molar-refractivity contribution in [2.75, 3.05) is 0 Å². The van der Waals surface area contributed by atoms with E-state index in [0.717, 1.165) is 50.1 Å². The van der Waals surface area contributed by atoms with E-state index in [-0.39, 0.29) is 34.6 Å². The lowest BCUT2D eigenvalue weighted by atomic mass is 9.93. The highest BCUT2D eigenvalue weighted by molar-refractivity contribution is 7.48. The van der Waals surface area contributed by atoms with Gasteiger partial charge in [0, 0.05) is 33.4 Å². The van der Waals surface area contributed by atoms with Crippen molar-refractivity contribution in [3.8, 4) is 17.2 Å². The highest BCUT2D eigenvalue weighted by Crippen LogP contribution is 2.50. The zero-order chi connectivity index (χ0) is 42.6. The molecule has 302 valence electrons. The lowest BCUT2D eigenvalue weighted by Crippen LogP contribution is -2.09. The van der Waals surface area contributed by atoms with Gasteiger partial charge in [0.1, 0.15) is 0 Å². The molecule has 0 atom stereocenters. The van der Waals surface area contributed by atoms with Gasteiger partial charge in [-0.2, -0.15) is 0 Å². The third-order valence-electron chi connectivity index (χ3n) is 9.74. The molecule has 0 bridgehead atoms. The predicted octanol–water partition coefficient (Wildman–Crippen LogP) is 11.6. The summed E-state index contributed by atoms with van der Waals surface area (Å²) in [5.41, 5.74) is 11.4. The van der Waals surface area contributed by atoms with Crippen molar-refractivity contribution >= 4 is 25.2 Å². The van der Waals surface area contributed by atoms with Crippen LogP contribution in [0, 0.1) is 62.3 Å². The number of aryl methyl sites for hydroxylation is 9. The number of hydrogen-bond acceptors (Lipinski definition) is 10. The van der Waals surface area contributed by atoms with E-state index in [1.807, 2.05) is 98.7 Å². The number of phosphoric acid groups is 1. The summed E-state index contributed by atoms with van der Waals surface area (Å²) in [6, 6.07) is 29.7. The van der Waals surface area contributed by atoms with Gasteiger partial charge < -0.3 is 14.7 Å². The van der Waals surface area contributed by atoms with Crippen molar-refractivity contribution < 1.29 is 47.6 Å². The van der Waals surface area contributed by atoms with E-state index in [4.69, 9.17) is 28.7 Å². The smallest absolute Gasteiger partial charge is 0.327 e. The number of carbonyl (C=O) groups excluding carboxylic acids is 3. The molecule has 0 radical (unpaired) electrons. The van der Waals surface area contributed by atoms with Crippen LogP contribution < -0.4 is 14.7 Å². The van der Waals surface area contributed by atoms with Crippen LogP contribution in [-0.4, -0.2) is 17.3 Å². The quantitative estimate of drug-likeness (QED) is 0.0428. The molecule has 0 amide bonds. The maximum atomic E-state index is 13.9. The van der Waals surface area contributed by atoms with Crippen LogP contribution in [0.4, 0.5) is 0 Å². The monoisotopic (exact) mass is 812 g/mol. The van der Waals surface area contributed by atoms with Crippen molar-refractivity contribution in [1.29, 1.82) is 0 Å². The molecule has 0 aliphatic heterocycles. The maximum Gasteiger partial charge on any atom is 0.583 e. The molecule has 6 rings (SSSR count). The first-order valence-corrected chi connectivity index (χ1v) is 20.3. The lowest BCUT2D eigenvalue weighted by molar-refractivity contribution is -0.237. The van der Waals surface area contributed by atoms with Gasteiger partial charge in [0.2, 0.25) is 0 Å². The molecule has 10 nitrogen and oxygen atoms in total. The Hall–Kier alpha value is -6.16. The molecule has 0 unspecified atom stereocenters. The lowest BCUT2D eigenvalue weighted by Gasteiger charge is -2.16. The molecular weight excluding hydrogens is 767 g/mol. The Morgan fingerprint density at radius 1 is 0.356 bits per heavy atom. The van der Waals surface area contributed by atoms with Crippen LogP contribution in [0.3, 0.4) is 0 Å². The van der Waals surface area contributed by atoms with E-state index in [1.54, 1.807) is 36.4 Å². The third-order valence-corrected chi connectivity index (χ3v) is 10.5. The highest BCUT2D eigenvalue weighted by Gasteiger charge is 2.36. The predicted molar refractivity (Wildman–Crippen MR) is 224 cm³/mol. The second kappa shape index (κ2) is 17.8. The van der Waals surface area contributed by atoms with Gasteiger partial charge in [0.25, 0.3) is 0 Å². The Morgan fingerprint density at radius 3 is 0.763 bits per heavy atom. The summed E-state index contributed by atoms with van der Waals surface area (Å²) in [4.78, 5) is 56.2. The minimum Gasteiger partial charge on any atom is -0.327 e. The molecule has 0 saturated carbocycles. The van der Waals surface area contributed by atoms with E-state index < -0.39 is 7.82 Å². The molecular formula is C48H45O10P. The van der Waals surface area contributed by atoms with Crippen molar-refractivity contribution in [2.45, 2.75) is 62.3 Å². The molecule has 59 heavy (non-hydrogen) atoms. The number of benzene rings is 6. The largest absolute Gasteiger partial charge is 0.583 e. The number of rotatable bonds is 15. The topological polar surface area (TPSA) is 124 Å². The van der Waals surface area contributed by atoms with Gasteiger partial charge >= 0.3 is 7.82 Å². The summed E-state index contributed by atoms with van der Waals surface area (Å²) in [5.74, 6) is -0.331. The van der Waals surface area contributed by atoms with Crippen LogP contribution in [0.15, 0.2) is 109 Å². The summed E-state index contributed by atoms with van der Waals surface area (Å²) in [6.45, 7) is 17.3. The molecule has 11 heteroatoms. The van der Waals surface area contributed by atoms with Gasteiger partial charge in [-0.3, -0.25) is 14.4 Å². The van der Waals surface area contributed by atoms with E-state index in [1.165, 1.54) is 36.4 Å². The maximum absolute atomic E-state index is 13.9. The van der Waals surface area contributed by atoms with Crippen molar-refractivity contribution in [3.05, 3.63) is 193 Å². The van der Waals surface area contributed by atoms with Crippen LogP contribution in [0.1, 0.15) is 97.8 Å². The normalized spacial score (nSPS) is 11.3. The van der Waals surface area contributed by atoms with Crippen LogP contribution in [-0.2, 0) is 18.6 Å². The molecule has 0 aromatic heterocycles. The first kappa shape index (κ1) is 42.4. The average Bonchev–Trinajstić information content (AvgIpc) is 3.18. The van der Waals surface area contributed by atoms with Crippen molar-refractivity contribution in [1.82, 2.24) is 0 Å². The van der Waals surface area contributed by atoms with Gasteiger partial charge in [-0.05, 0) is 168 Å². The van der Waals surface area contributed by atoms with E-state index in [2.05, 4.69) is 0 Å². The molecule has 0 N–H and O–H groups in total. The second-order valence-electron chi connectivity index (χ2n) is 14.8. The van der Waals surface area contributed by atoms with Crippen LogP contribution >= 0.6 is 7.82 Å². The zero-order valence-electron chi connectivity index (χ0n) is 34.4. The third kappa shape index (κ3) is 9.94. The van der Waals surface area contributed by atoms with Gasteiger partial charge in [-0.1, -0.05) is 67.1 Å². The van der Waals surface area contributed by atoms with E-state index in [9.17, 15) is 18.9 Å². The van der Waals surface area contributed by atoms with Crippen LogP contribution in [0.2, 0.25) is 0 Å². The number of hydrogen-bond donors (Lipinski definition) is 0. The summed E-state index contributed by atoms with van der Waals surface area (Å²) in [6.07, 6.45) is 0. The van der Waals surface area contributed by atoms with E-state index in [0.29, 0.717) is 33.4 Å². The molecule has 0 fully saturated rings. The Labute approximate surface area is 344 Å². The number of carbonyl (C=O) groups is 3. The summed E-state index contributed by atoms with van der Waals surface area (Å²) in [5, 5.41) is 0. The minimum atomic E-state index is -4.87. The molecule has 0 heterocycles. The van der Waals surface area contributed by atoms with Gasteiger partial charge in [-0.15, -0.1) is 0 Å². The Kier molecular flexibility index (Phi) is 12.8. The van der Waals surface area contributed by atoms with Crippen molar-refractivity contribution in [3.63, 3.8) is 0 Å². The van der Waals surface area contributed by atoms with Gasteiger partial charge in [0.15, 0.2) is 34.6 Å². The summed E-state index contributed by atoms with van der Waals surface area (Å²) >= 11 is 0. The fraction of sp³-hybridized carbons (Fsp3) is 0.188. The van der Waals surface area contributed by atoms with Gasteiger partial charge in [0.05, 0.1) is 0 Å². The average molecular weight is 813 g/mol. The summed E-state index contributed by atoms with van der Waals surface area (Å²) < 4.78 is 29.4. The van der Waals surface area contributed by atoms with E-state index >= 15 is 0 Å². The SMILES string of the molecule is Cc1cc(C)c(C(=O)c2ccc(OOP(=O)(OOc3ccc(C(=O)c4c(C)cc(C)cc4C)cc3)OOc3ccc(C(=O)c4c(C)cc(C)cc4C)cc3)cc2)c(C)c1. The number of ketones is 3. The van der Waals surface area contributed by atoms with Crippen LogP contribution in [0.5, 0.6) is 17.2 Å². The Morgan fingerprint density at radius 2 is 0.559 bits per heavy atom. The molecule has 0 aliphatic rings. The highest BCUT2D eigenvalue weighted by atomic mass is 31.2. The van der Waals surface area contributed by atoms with Crippen LogP contribution in [0.25, 0.3) is 0 Å². The fourth-order valence-corrected chi connectivity index (χ4v) is 7.94. The molecule has 0 spiro atoms. The zero-order valence-corrected chi connectivity index (χ0v) is 35.3. The summed E-state index contributed by atoms with van der Waals surface area (Å²) in [7, 11) is -4.87. The second-order valence-corrected chi connectivity index (χ2v) is 16.1. The fourth-order valence-electron chi connectivity index (χ4n) is 7.34. The minimum absolute atomic E-state index is 0.0560. The molecule has 0 aliphatic carbocycles. The molecule has 0 saturated heterocycles. The Balaban J connectivity index is 1.18. The molecule has 6 aromatic carbocycles. The Bertz CT molecular complexity index is 2250.